The van der Waals surface area contributed by atoms with Gasteiger partial charge >= 0.3 is 7.05 Å². The highest BCUT2D eigenvalue weighted by atomic mass is 16.2. The standard InChI is InChI=1S/C10H13BN2O/c1-2-7-13-11(14)10-6-4-3-5-9(10)8-12-13/h3-6,8,14H,2,7H2,1H3. The Morgan fingerprint density at radius 2 is 2.21 bits per heavy atom. The van der Waals surface area contributed by atoms with E-state index in [4.69, 9.17) is 0 Å². The van der Waals surface area contributed by atoms with Crippen molar-refractivity contribution in [3.8, 4) is 0 Å². The maximum absolute atomic E-state index is 9.96. The summed E-state index contributed by atoms with van der Waals surface area (Å²) < 4.78 is 0. The van der Waals surface area contributed by atoms with E-state index in [-0.39, 0.29) is 0 Å². The summed E-state index contributed by atoms with van der Waals surface area (Å²) in [5.74, 6) is 0. The lowest BCUT2D eigenvalue weighted by molar-refractivity contribution is 0.386. The number of nitrogens with zero attached hydrogens (tertiary/aromatic N) is 2. The van der Waals surface area contributed by atoms with Gasteiger partial charge in [0.15, 0.2) is 0 Å². The van der Waals surface area contributed by atoms with Crippen molar-refractivity contribution in [3.63, 3.8) is 0 Å². The van der Waals surface area contributed by atoms with Crippen molar-refractivity contribution < 1.29 is 5.02 Å². The van der Waals surface area contributed by atoms with Crippen LogP contribution in [0.4, 0.5) is 0 Å². The molecule has 72 valence electrons. The minimum Gasteiger partial charge on any atom is -0.428 e. The number of hydrazone groups is 1. The molecule has 0 saturated carbocycles. The summed E-state index contributed by atoms with van der Waals surface area (Å²) in [6, 6.07) is 7.79. The fourth-order valence-corrected chi connectivity index (χ4v) is 1.63. The van der Waals surface area contributed by atoms with Gasteiger partial charge in [-0.2, -0.15) is 5.10 Å². The Balaban J connectivity index is 2.30. The molecule has 0 aliphatic carbocycles. The fourth-order valence-electron chi connectivity index (χ4n) is 1.63. The van der Waals surface area contributed by atoms with Crippen LogP contribution in [0.15, 0.2) is 29.4 Å². The first-order chi connectivity index (χ1) is 6.83. The summed E-state index contributed by atoms with van der Waals surface area (Å²) in [5.41, 5.74) is 1.95. The van der Waals surface area contributed by atoms with Gasteiger partial charge in [0.2, 0.25) is 0 Å². The maximum Gasteiger partial charge on any atom is 0.466 e. The van der Waals surface area contributed by atoms with Gasteiger partial charge in [0, 0.05) is 6.54 Å². The Labute approximate surface area is 84.2 Å². The molecule has 0 bridgehead atoms. The van der Waals surface area contributed by atoms with Crippen LogP contribution >= 0.6 is 0 Å². The Kier molecular flexibility index (Phi) is 2.54. The normalized spacial score (nSPS) is 14.4. The summed E-state index contributed by atoms with van der Waals surface area (Å²) in [6.07, 6.45) is 2.79. The molecule has 1 aromatic rings. The average Bonchev–Trinajstić information content (AvgIpc) is 2.23. The third-order valence-electron chi connectivity index (χ3n) is 2.35. The van der Waals surface area contributed by atoms with Gasteiger partial charge in [0.05, 0.1) is 6.21 Å². The van der Waals surface area contributed by atoms with E-state index in [1.807, 2.05) is 24.3 Å². The smallest absolute Gasteiger partial charge is 0.428 e. The van der Waals surface area contributed by atoms with Crippen molar-refractivity contribution in [1.82, 2.24) is 4.92 Å². The summed E-state index contributed by atoms with van der Waals surface area (Å²) in [6.45, 7) is 2.86. The molecule has 1 aromatic carbocycles. The van der Waals surface area contributed by atoms with E-state index in [0.29, 0.717) is 0 Å². The van der Waals surface area contributed by atoms with Gasteiger partial charge in [-0.05, 0) is 17.4 Å². The number of hydrogen-bond donors (Lipinski definition) is 1. The first-order valence-electron chi connectivity index (χ1n) is 4.90. The van der Waals surface area contributed by atoms with Crippen LogP contribution in [0.25, 0.3) is 0 Å². The zero-order valence-electron chi connectivity index (χ0n) is 8.22. The van der Waals surface area contributed by atoms with E-state index < -0.39 is 7.05 Å². The largest absolute Gasteiger partial charge is 0.466 e. The topological polar surface area (TPSA) is 35.8 Å². The predicted octanol–water partition coefficient (Wildman–Crippen LogP) is 0.434. The molecule has 1 aliphatic rings. The van der Waals surface area contributed by atoms with E-state index in [1.54, 1.807) is 11.1 Å². The summed E-state index contributed by atoms with van der Waals surface area (Å²) >= 11 is 0. The highest BCUT2D eigenvalue weighted by molar-refractivity contribution is 6.65. The van der Waals surface area contributed by atoms with Crippen LogP contribution in [0.3, 0.4) is 0 Å². The first kappa shape index (κ1) is 9.28. The van der Waals surface area contributed by atoms with E-state index >= 15 is 0 Å². The van der Waals surface area contributed by atoms with Crippen LogP contribution in [0.1, 0.15) is 18.9 Å². The lowest BCUT2D eigenvalue weighted by Gasteiger charge is -2.25. The minimum atomic E-state index is -0.587. The van der Waals surface area contributed by atoms with Crippen LogP contribution in [-0.4, -0.2) is 29.8 Å². The molecule has 14 heavy (non-hydrogen) atoms. The molecule has 0 fully saturated rings. The van der Waals surface area contributed by atoms with Gasteiger partial charge in [-0.3, -0.25) is 0 Å². The van der Waals surface area contributed by atoms with Crippen LogP contribution in [0.5, 0.6) is 0 Å². The number of hydrogen-bond acceptors (Lipinski definition) is 3. The highest BCUT2D eigenvalue weighted by Gasteiger charge is 2.27. The number of rotatable bonds is 2. The molecule has 2 rings (SSSR count). The SMILES string of the molecule is CCCN1N=Cc2ccccc2B1O. The second-order valence-electron chi connectivity index (χ2n) is 3.41. The van der Waals surface area contributed by atoms with Crippen molar-refractivity contribution in [3.05, 3.63) is 29.8 Å². The molecule has 1 N–H and O–H groups in total. The molecule has 0 aromatic heterocycles. The molecular weight excluding hydrogens is 175 g/mol. The van der Waals surface area contributed by atoms with Gasteiger partial charge in [-0.25, -0.2) is 0 Å². The van der Waals surface area contributed by atoms with Gasteiger partial charge in [-0.15, -0.1) is 0 Å². The molecule has 3 nitrogen and oxygen atoms in total. The summed E-state index contributed by atoms with van der Waals surface area (Å²) in [5, 5.41) is 14.2. The third kappa shape index (κ3) is 1.53. The molecule has 0 atom stereocenters. The Bertz CT molecular complexity index is 354. The minimum absolute atomic E-state index is 0.587. The zero-order chi connectivity index (χ0) is 9.97. The molecule has 0 amide bonds. The average molecular weight is 188 g/mol. The van der Waals surface area contributed by atoms with Crippen molar-refractivity contribution in [2.75, 3.05) is 6.54 Å². The second-order valence-corrected chi connectivity index (χ2v) is 3.41. The molecule has 0 radical (unpaired) electrons. The summed E-state index contributed by atoms with van der Waals surface area (Å²) in [4.78, 5) is 1.71. The van der Waals surface area contributed by atoms with Crippen LogP contribution < -0.4 is 5.46 Å². The van der Waals surface area contributed by atoms with Gasteiger partial charge in [0.25, 0.3) is 0 Å². The lowest BCUT2D eigenvalue weighted by atomic mass is 9.70. The number of benzene rings is 1. The van der Waals surface area contributed by atoms with E-state index in [2.05, 4.69) is 12.0 Å². The summed E-state index contributed by atoms with van der Waals surface area (Å²) in [7, 11) is -0.587. The van der Waals surface area contributed by atoms with Crippen LogP contribution in [0.2, 0.25) is 0 Å². The Morgan fingerprint density at radius 3 is 3.00 bits per heavy atom. The zero-order valence-corrected chi connectivity index (χ0v) is 8.22. The molecule has 0 saturated heterocycles. The monoisotopic (exact) mass is 188 g/mol. The van der Waals surface area contributed by atoms with Gasteiger partial charge in [-0.1, -0.05) is 31.2 Å². The Morgan fingerprint density at radius 1 is 1.43 bits per heavy atom. The quantitative estimate of drug-likeness (QED) is 0.683. The van der Waals surface area contributed by atoms with Crippen LogP contribution in [0, 0.1) is 0 Å². The fraction of sp³-hybridized carbons (Fsp3) is 0.300. The van der Waals surface area contributed by atoms with E-state index in [1.165, 1.54) is 0 Å². The van der Waals surface area contributed by atoms with Crippen LogP contribution in [-0.2, 0) is 0 Å². The van der Waals surface area contributed by atoms with Crippen molar-refractivity contribution >= 4 is 18.7 Å². The van der Waals surface area contributed by atoms with E-state index in [0.717, 1.165) is 24.0 Å². The van der Waals surface area contributed by atoms with E-state index in [9.17, 15) is 5.02 Å². The first-order valence-corrected chi connectivity index (χ1v) is 4.90. The molecule has 1 aliphatic heterocycles. The highest BCUT2D eigenvalue weighted by Crippen LogP contribution is 2.05. The van der Waals surface area contributed by atoms with Crippen molar-refractivity contribution in [1.29, 1.82) is 0 Å². The molecule has 0 spiro atoms. The Hall–Kier alpha value is -1.29. The predicted molar refractivity (Wildman–Crippen MR) is 58.6 cm³/mol. The van der Waals surface area contributed by atoms with Gasteiger partial charge in [0.1, 0.15) is 0 Å². The van der Waals surface area contributed by atoms with Crippen molar-refractivity contribution in [2.24, 2.45) is 5.10 Å². The molecule has 1 heterocycles. The maximum atomic E-state index is 9.96. The molecule has 4 heteroatoms. The van der Waals surface area contributed by atoms with Crippen molar-refractivity contribution in [2.45, 2.75) is 13.3 Å². The van der Waals surface area contributed by atoms with Gasteiger partial charge < -0.3 is 9.94 Å². The third-order valence-corrected chi connectivity index (χ3v) is 2.35. The lowest BCUT2D eigenvalue weighted by Crippen LogP contribution is -2.49. The molecular formula is C10H13BN2O. The number of fused-ring (bicyclic) bond motifs is 1. The molecule has 0 unspecified atom stereocenters. The second kappa shape index (κ2) is 3.84.